The van der Waals surface area contributed by atoms with E-state index in [0.29, 0.717) is 24.8 Å². The van der Waals surface area contributed by atoms with E-state index in [1.807, 2.05) is 32.1 Å². The summed E-state index contributed by atoms with van der Waals surface area (Å²) in [6.45, 7) is 3.42. The topological polar surface area (TPSA) is 94.8 Å². The number of aliphatic hydroxyl groups excluding tert-OH is 2. The second kappa shape index (κ2) is 8.84. The number of aromatic hydroxyl groups is 1. The molecule has 1 aliphatic heterocycles. The van der Waals surface area contributed by atoms with Gasteiger partial charge in [0.05, 0.1) is 18.5 Å². The molecular weight excluding hydrogens is 352 g/mol. The fourth-order valence-electron chi connectivity index (χ4n) is 3.45. The highest BCUT2D eigenvalue weighted by atomic mass is 32.2. The predicted octanol–water partition coefficient (Wildman–Crippen LogP) is 2.82. The monoisotopic (exact) mass is 380 g/mol. The Morgan fingerprint density at radius 3 is 2.46 bits per heavy atom. The Morgan fingerprint density at radius 1 is 1.27 bits per heavy atom. The quantitative estimate of drug-likeness (QED) is 0.603. The van der Waals surface area contributed by atoms with Crippen LogP contribution in [-0.2, 0) is 9.84 Å². The number of rotatable bonds is 8. The SMILES string of the molecule is CCC1=C([C@H](O)CC/C(=C/c2ccc(O)cc2)CC)[C@H](CO)S(=O)(=O)C1. The van der Waals surface area contributed by atoms with Crippen LogP contribution in [0.25, 0.3) is 6.08 Å². The van der Waals surface area contributed by atoms with Crippen LogP contribution in [0.1, 0.15) is 45.1 Å². The lowest BCUT2D eigenvalue weighted by atomic mass is 9.93. The zero-order valence-electron chi connectivity index (χ0n) is 15.4. The van der Waals surface area contributed by atoms with E-state index in [1.54, 1.807) is 12.1 Å². The molecule has 0 spiro atoms. The highest BCUT2D eigenvalue weighted by molar-refractivity contribution is 7.92. The van der Waals surface area contributed by atoms with Crippen molar-refractivity contribution in [1.29, 1.82) is 0 Å². The molecule has 26 heavy (non-hydrogen) atoms. The summed E-state index contributed by atoms with van der Waals surface area (Å²) in [5.41, 5.74) is 3.33. The van der Waals surface area contributed by atoms with E-state index in [9.17, 15) is 23.7 Å². The Kier molecular flexibility index (Phi) is 7.03. The lowest BCUT2D eigenvalue weighted by Crippen LogP contribution is -2.29. The molecule has 2 rings (SSSR count). The molecule has 144 valence electrons. The average Bonchev–Trinajstić information content (AvgIpc) is 2.89. The number of phenolic OH excluding ortho intramolecular Hbond substituents is 1. The van der Waals surface area contributed by atoms with Gasteiger partial charge in [-0.3, -0.25) is 0 Å². The Bertz CT molecular complexity index is 775. The summed E-state index contributed by atoms with van der Waals surface area (Å²) in [5.74, 6) is 0.151. The number of hydrogen-bond acceptors (Lipinski definition) is 5. The van der Waals surface area contributed by atoms with Crippen LogP contribution in [0.4, 0.5) is 0 Å². The van der Waals surface area contributed by atoms with Crippen LogP contribution >= 0.6 is 0 Å². The lowest BCUT2D eigenvalue weighted by molar-refractivity contribution is 0.188. The molecule has 5 nitrogen and oxygen atoms in total. The molecule has 0 fully saturated rings. The first-order chi connectivity index (χ1) is 12.3. The first kappa shape index (κ1) is 20.7. The fourth-order valence-corrected chi connectivity index (χ4v) is 5.45. The second-order valence-corrected chi connectivity index (χ2v) is 8.88. The fraction of sp³-hybridized carbons (Fsp3) is 0.500. The number of phenols is 1. The number of allylic oxidation sites excluding steroid dienone is 1. The molecule has 1 aromatic rings. The summed E-state index contributed by atoms with van der Waals surface area (Å²) >= 11 is 0. The molecule has 0 saturated carbocycles. The molecule has 0 amide bonds. The molecule has 2 atom stereocenters. The number of sulfone groups is 1. The van der Waals surface area contributed by atoms with Gasteiger partial charge in [-0.15, -0.1) is 0 Å². The Balaban J connectivity index is 2.12. The van der Waals surface area contributed by atoms with Crippen molar-refractivity contribution in [3.63, 3.8) is 0 Å². The minimum atomic E-state index is -3.41. The van der Waals surface area contributed by atoms with Crippen LogP contribution in [-0.4, -0.2) is 47.5 Å². The van der Waals surface area contributed by atoms with Crippen LogP contribution in [0.15, 0.2) is 41.0 Å². The van der Waals surface area contributed by atoms with Gasteiger partial charge in [-0.05, 0) is 49.0 Å². The summed E-state index contributed by atoms with van der Waals surface area (Å²) in [7, 11) is -3.41. The molecule has 1 heterocycles. The predicted molar refractivity (Wildman–Crippen MR) is 104 cm³/mol. The Morgan fingerprint density at radius 2 is 1.92 bits per heavy atom. The second-order valence-electron chi connectivity index (χ2n) is 6.69. The molecule has 0 bridgehead atoms. The van der Waals surface area contributed by atoms with Gasteiger partial charge >= 0.3 is 0 Å². The normalized spacial score (nSPS) is 21.2. The highest BCUT2D eigenvalue weighted by Gasteiger charge is 2.40. The van der Waals surface area contributed by atoms with Gasteiger partial charge in [0.2, 0.25) is 0 Å². The highest BCUT2D eigenvalue weighted by Crippen LogP contribution is 2.33. The summed E-state index contributed by atoms with van der Waals surface area (Å²) in [4.78, 5) is 0. The summed E-state index contributed by atoms with van der Waals surface area (Å²) < 4.78 is 24.4. The third kappa shape index (κ3) is 4.75. The van der Waals surface area contributed by atoms with E-state index < -0.39 is 27.8 Å². The van der Waals surface area contributed by atoms with E-state index in [4.69, 9.17) is 0 Å². The first-order valence-electron chi connectivity index (χ1n) is 9.03. The largest absolute Gasteiger partial charge is 0.508 e. The minimum Gasteiger partial charge on any atom is -0.508 e. The number of aliphatic hydroxyl groups is 2. The van der Waals surface area contributed by atoms with Gasteiger partial charge in [-0.2, -0.15) is 0 Å². The van der Waals surface area contributed by atoms with Gasteiger partial charge in [0, 0.05) is 0 Å². The van der Waals surface area contributed by atoms with Gasteiger partial charge in [0.15, 0.2) is 9.84 Å². The average molecular weight is 381 g/mol. The standard InChI is InChI=1S/C20H28O5S/c1-3-14(11-15-5-8-17(22)9-6-15)7-10-18(23)20-16(4-2)13-26(24,25)19(20)12-21/h5-6,8-9,11,18-19,21-23H,3-4,7,10,12-13H2,1-2H3/b14-11+/t18-,19+/m1/s1. The maximum absolute atomic E-state index is 12.2. The van der Waals surface area contributed by atoms with Crippen LogP contribution < -0.4 is 0 Å². The summed E-state index contributed by atoms with van der Waals surface area (Å²) in [6.07, 6.45) is 3.59. The summed E-state index contributed by atoms with van der Waals surface area (Å²) in [5, 5.41) is 28.5. The molecule has 0 aromatic heterocycles. The Labute approximate surface area is 155 Å². The molecule has 0 saturated heterocycles. The van der Waals surface area contributed by atoms with E-state index >= 15 is 0 Å². The van der Waals surface area contributed by atoms with Crippen molar-refractivity contribution in [2.24, 2.45) is 0 Å². The third-order valence-corrected chi connectivity index (χ3v) is 6.99. The van der Waals surface area contributed by atoms with Crippen molar-refractivity contribution in [3.05, 3.63) is 46.5 Å². The number of benzene rings is 1. The van der Waals surface area contributed by atoms with Gasteiger partial charge in [0.1, 0.15) is 11.0 Å². The van der Waals surface area contributed by atoms with E-state index in [0.717, 1.165) is 23.1 Å². The molecule has 1 aliphatic rings. The van der Waals surface area contributed by atoms with Gasteiger partial charge in [0.25, 0.3) is 0 Å². The van der Waals surface area contributed by atoms with Crippen molar-refractivity contribution < 1.29 is 23.7 Å². The van der Waals surface area contributed by atoms with E-state index in [1.165, 1.54) is 0 Å². The lowest BCUT2D eigenvalue weighted by Gasteiger charge is -2.19. The van der Waals surface area contributed by atoms with Crippen molar-refractivity contribution in [3.8, 4) is 5.75 Å². The van der Waals surface area contributed by atoms with E-state index in [2.05, 4.69) is 0 Å². The molecule has 0 radical (unpaired) electrons. The zero-order chi connectivity index (χ0) is 19.3. The Hall–Kier alpha value is -1.63. The van der Waals surface area contributed by atoms with Crippen LogP contribution in [0.3, 0.4) is 0 Å². The van der Waals surface area contributed by atoms with Gasteiger partial charge < -0.3 is 15.3 Å². The van der Waals surface area contributed by atoms with Crippen molar-refractivity contribution in [1.82, 2.24) is 0 Å². The summed E-state index contributed by atoms with van der Waals surface area (Å²) in [6, 6.07) is 6.90. The van der Waals surface area contributed by atoms with Gasteiger partial charge in [-0.25, -0.2) is 8.42 Å². The minimum absolute atomic E-state index is 0.0644. The zero-order valence-corrected chi connectivity index (χ0v) is 16.2. The van der Waals surface area contributed by atoms with Gasteiger partial charge in [-0.1, -0.05) is 43.2 Å². The maximum atomic E-state index is 12.2. The molecule has 1 aromatic carbocycles. The van der Waals surface area contributed by atoms with Crippen molar-refractivity contribution in [2.75, 3.05) is 12.4 Å². The van der Waals surface area contributed by atoms with Crippen LogP contribution in [0.5, 0.6) is 5.75 Å². The molecule has 0 unspecified atom stereocenters. The maximum Gasteiger partial charge on any atom is 0.163 e. The molecule has 3 N–H and O–H groups in total. The smallest absolute Gasteiger partial charge is 0.163 e. The van der Waals surface area contributed by atoms with Crippen molar-refractivity contribution in [2.45, 2.75) is 50.9 Å². The first-order valence-corrected chi connectivity index (χ1v) is 10.7. The number of hydrogen-bond donors (Lipinski definition) is 3. The molecular formula is C20H28O5S. The van der Waals surface area contributed by atoms with Crippen LogP contribution in [0, 0.1) is 0 Å². The van der Waals surface area contributed by atoms with E-state index in [-0.39, 0.29) is 11.5 Å². The third-order valence-electron chi connectivity index (χ3n) is 4.97. The van der Waals surface area contributed by atoms with Crippen molar-refractivity contribution >= 4 is 15.9 Å². The molecule has 0 aliphatic carbocycles. The van der Waals surface area contributed by atoms with Crippen LogP contribution in [0.2, 0.25) is 0 Å². The molecule has 6 heteroatoms.